The van der Waals surface area contributed by atoms with E-state index >= 15 is 0 Å². The standard InChI is InChI=1S/C16H17FN2O3/c1-4-9-19-10(2)13(15(20)22-3)14(18-16(19)21)11-5-7-12(17)8-6-11/h4-8,14H,1,9H2,2-3H3,(H,18,21)/t14-/m1/s1. The number of hydrogen-bond donors (Lipinski definition) is 1. The summed E-state index contributed by atoms with van der Waals surface area (Å²) in [5, 5.41) is 2.74. The summed E-state index contributed by atoms with van der Waals surface area (Å²) in [6, 6.07) is 4.59. The van der Waals surface area contributed by atoms with Crippen LogP contribution < -0.4 is 5.32 Å². The van der Waals surface area contributed by atoms with Gasteiger partial charge in [-0.2, -0.15) is 0 Å². The fourth-order valence-corrected chi connectivity index (χ4v) is 2.41. The molecule has 2 rings (SSSR count). The first-order chi connectivity index (χ1) is 10.5. The third-order valence-electron chi connectivity index (χ3n) is 3.52. The Morgan fingerprint density at radius 2 is 2.09 bits per heavy atom. The summed E-state index contributed by atoms with van der Waals surface area (Å²) < 4.78 is 17.9. The van der Waals surface area contributed by atoms with Crippen molar-refractivity contribution in [3.8, 4) is 0 Å². The number of nitrogens with zero attached hydrogens (tertiary/aromatic N) is 1. The van der Waals surface area contributed by atoms with Gasteiger partial charge in [0.05, 0.1) is 18.7 Å². The van der Waals surface area contributed by atoms with E-state index in [9.17, 15) is 14.0 Å². The lowest BCUT2D eigenvalue weighted by molar-refractivity contribution is -0.136. The Balaban J connectivity index is 2.52. The second-order valence-corrected chi connectivity index (χ2v) is 4.82. The Bertz CT molecular complexity index is 637. The molecule has 1 aliphatic rings. The summed E-state index contributed by atoms with van der Waals surface area (Å²) in [5.74, 6) is -0.930. The first kappa shape index (κ1) is 15.8. The number of benzene rings is 1. The second-order valence-electron chi connectivity index (χ2n) is 4.82. The van der Waals surface area contributed by atoms with Gasteiger partial charge < -0.3 is 10.1 Å². The number of halogens is 1. The Kier molecular flexibility index (Phi) is 4.60. The first-order valence-corrected chi connectivity index (χ1v) is 6.73. The Morgan fingerprint density at radius 3 is 2.64 bits per heavy atom. The molecule has 0 radical (unpaired) electrons. The normalized spacial score (nSPS) is 18.0. The number of hydrogen-bond acceptors (Lipinski definition) is 3. The molecule has 0 spiro atoms. The zero-order valence-electron chi connectivity index (χ0n) is 12.4. The van der Waals surface area contributed by atoms with Crippen molar-refractivity contribution < 1.29 is 18.7 Å². The van der Waals surface area contributed by atoms with Crippen molar-refractivity contribution in [2.75, 3.05) is 13.7 Å². The van der Waals surface area contributed by atoms with Crippen LogP contribution in [0.1, 0.15) is 18.5 Å². The number of carbonyl (C=O) groups is 2. The summed E-state index contributed by atoms with van der Waals surface area (Å²) in [5.41, 5.74) is 1.41. The van der Waals surface area contributed by atoms with E-state index in [0.29, 0.717) is 16.8 Å². The summed E-state index contributed by atoms with van der Waals surface area (Å²) in [4.78, 5) is 25.7. The molecule has 0 saturated carbocycles. The topological polar surface area (TPSA) is 58.6 Å². The Morgan fingerprint density at radius 1 is 1.45 bits per heavy atom. The van der Waals surface area contributed by atoms with Crippen LogP contribution in [0.15, 0.2) is 48.2 Å². The van der Waals surface area contributed by atoms with Gasteiger partial charge in [0.1, 0.15) is 5.82 Å². The number of carbonyl (C=O) groups excluding carboxylic acids is 2. The maximum absolute atomic E-state index is 13.1. The van der Waals surface area contributed by atoms with Crippen molar-refractivity contribution >= 4 is 12.0 Å². The van der Waals surface area contributed by atoms with Gasteiger partial charge in [-0.3, -0.25) is 4.90 Å². The number of amides is 2. The Labute approximate surface area is 128 Å². The molecular weight excluding hydrogens is 287 g/mol. The molecule has 1 heterocycles. The molecule has 1 aromatic rings. The van der Waals surface area contributed by atoms with Crippen LogP contribution in [0, 0.1) is 5.82 Å². The largest absolute Gasteiger partial charge is 0.466 e. The van der Waals surface area contributed by atoms with Crippen LogP contribution in [0.3, 0.4) is 0 Å². The van der Waals surface area contributed by atoms with E-state index in [1.807, 2.05) is 0 Å². The summed E-state index contributed by atoms with van der Waals surface area (Å²) >= 11 is 0. The van der Waals surface area contributed by atoms with Crippen molar-refractivity contribution in [1.29, 1.82) is 0 Å². The highest BCUT2D eigenvalue weighted by molar-refractivity contribution is 5.95. The minimum absolute atomic E-state index is 0.272. The highest BCUT2D eigenvalue weighted by atomic mass is 19.1. The van der Waals surface area contributed by atoms with E-state index < -0.39 is 12.0 Å². The highest BCUT2D eigenvalue weighted by Crippen LogP contribution is 2.31. The average Bonchev–Trinajstić information content (AvgIpc) is 2.51. The predicted octanol–water partition coefficient (Wildman–Crippen LogP) is 2.53. The van der Waals surface area contributed by atoms with Crippen LogP contribution in [-0.2, 0) is 9.53 Å². The molecule has 22 heavy (non-hydrogen) atoms. The monoisotopic (exact) mass is 304 g/mol. The third-order valence-corrected chi connectivity index (χ3v) is 3.52. The summed E-state index contributed by atoms with van der Waals surface area (Å²) in [7, 11) is 1.28. The van der Waals surface area contributed by atoms with Crippen molar-refractivity contribution in [1.82, 2.24) is 10.2 Å². The van der Waals surface area contributed by atoms with E-state index in [-0.39, 0.29) is 18.4 Å². The van der Waals surface area contributed by atoms with Crippen molar-refractivity contribution in [2.45, 2.75) is 13.0 Å². The fraction of sp³-hybridized carbons (Fsp3) is 0.250. The van der Waals surface area contributed by atoms with Gasteiger partial charge in [-0.15, -0.1) is 6.58 Å². The van der Waals surface area contributed by atoms with Gasteiger partial charge in [0, 0.05) is 12.2 Å². The van der Waals surface area contributed by atoms with E-state index in [4.69, 9.17) is 4.74 Å². The molecule has 0 fully saturated rings. The van der Waals surface area contributed by atoms with Gasteiger partial charge in [-0.05, 0) is 24.6 Å². The summed E-state index contributed by atoms with van der Waals surface area (Å²) in [6.07, 6.45) is 1.57. The van der Waals surface area contributed by atoms with Crippen LogP contribution in [0.5, 0.6) is 0 Å². The lowest BCUT2D eigenvalue weighted by Gasteiger charge is -2.34. The van der Waals surface area contributed by atoms with Gasteiger partial charge in [0.15, 0.2) is 0 Å². The van der Waals surface area contributed by atoms with Gasteiger partial charge >= 0.3 is 12.0 Å². The third kappa shape index (κ3) is 2.86. The second kappa shape index (κ2) is 6.43. The van der Waals surface area contributed by atoms with Gasteiger partial charge in [-0.25, -0.2) is 14.0 Å². The average molecular weight is 304 g/mol. The molecule has 6 heteroatoms. The molecule has 0 aliphatic carbocycles. The SMILES string of the molecule is C=CCN1C(=O)N[C@H](c2ccc(F)cc2)C(C(=O)OC)=C1C. The van der Waals surface area contributed by atoms with Crippen LogP contribution in [0.4, 0.5) is 9.18 Å². The minimum atomic E-state index is -0.679. The molecule has 1 atom stereocenters. The van der Waals surface area contributed by atoms with Gasteiger partial charge in [0.25, 0.3) is 0 Å². The molecule has 0 aromatic heterocycles. The van der Waals surface area contributed by atoms with E-state index in [0.717, 1.165) is 0 Å². The van der Waals surface area contributed by atoms with Crippen molar-refractivity contribution in [2.24, 2.45) is 0 Å². The van der Waals surface area contributed by atoms with Crippen molar-refractivity contribution in [3.05, 3.63) is 59.6 Å². The molecule has 0 unspecified atom stereocenters. The zero-order chi connectivity index (χ0) is 16.3. The number of nitrogens with one attached hydrogen (secondary N) is 1. The van der Waals surface area contributed by atoms with E-state index in [2.05, 4.69) is 11.9 Å². The quantitative estimate of drug-likeness (QED) is 0.687. The van der Waals surface area contributed by atoms with Crippen LogP contribution in [0.2, 0.25) is 0 Å². The number of esters is 1. The van der Waals surface area contributed by atoms with Crippen LogP contribution >= 0.6 is 0 Å². The Hall–Kier alpha value is -2.63. The summed E-state index contributed by atoms with van der Waals surface area (Å²) in [6.45, 7) is 5.54. The highest BCUT2D eigenvalue weighted by Gasteiger charge is 2.35. The number of rotatable bonds is 4. The number of ether oxygens (including phenoxy) is 1. The smallest absolute Gasteiger partial charge is 0.337 e. The predicted molar refractivity (Wildman–Crippen MR) is 79.3 cm³/mol. The number of methoxy groups -OCH3 is 1. The first-order valence-electron chi connectivity index (χ1n) is 6.73. The number of allylic oxidation sites excluding steroid dienone is 1. The lowest BCUT2D eigenvalue weighted by Crippen LogP contribution is -2.47. The molecule has 1 N–H and O–H groups in total. The maximum atomic E-state index is 13.1. The lowest BCUT2D eigenvalue weighted by atomic mass is 9.95. The van der Waals surface area contributed by atoms with Gasteiger partial charge in [0.2, 0.25) is 0 Å². The molecule has 1 aliphatic heterocycles. The molecule has 116 valence electrons. The van der Waals surface area contributed by atoms with Gasteiger partial charge in [-0.1, -0.05) is 18.2 Å². The van der Waals surface area contributed by atoms with Crippen LogP contribution in [0.25, 0.3) is 0 Å². The molecule has 5 nitrogen and oxygen atoms in total. The van der Waals surface area contributed by atoms with E-state index in [1.165, 1.54) is 36.3 Å². The minimum Gasteiger partial charge on any atom is -0.466 e. The molecular formula is C16H17FN2O3. The number of urea groups is 1. The molecule has 0 bridgehead atoms. The maximum Gasteiger partial charge on any atom is 0.337 e. The zero-order valence-corrected chi connectivity index (χ0v) is 12.4. The van der Waals surface area contributed by atoms with Crippen molar-refractivity contribution in [3.63, 3.8) is 0 Å². The molecule has 2 amide bonds. The fourth-order valence-electron chi connectivity index (χ4n) is 2.41. The van der Waals surface area contributed by atoms with Crippen LogP contribution in [-0.4, -0.2) is 30.6 Å². The molecule has 0 saturated heterocycles. The molecule has 1 aromatic carbocycles. The van der Waals surface area contributed by atoms with E-state index in [1.54, 1.807) is 13.0 Å².